The molecule has 0 saturated heterocycles. The van der Waals surface area contributed by atoms with Gasteiger partial charge in [0.1, 0.15) is 0 Å². The van der Waals surface area contributed by atoms with Crippen molar-refractivity contribution in [3.8, 4) is 0 Å². The molecule has 0 fully saturated rings. The van der Waals surface area contributed by atoms with Crippen LogP contribution in [0, 0.1) is 0 Å². The fraction of sp³-hybridized carbons (Fsp3) is 0.333. The summed E-state index contributed by atoms with van der Waals surface area (Å²) in [5.41, 5.74) is 0. The zero-order valence-electron chi connectivity index (χ0n) is 5.42. The standard InChI is InChI=1S/C4H4S.C2H8Si/c1-2-4-5-3-1;1-3-2/h1-4H;3H2,1-2H3. The molecule has 0 atom stereocenters. The van der Waals surface area contributed by atoms with Gasteiger partial charge in [0.25, 0.3) is 0 Å². The number of hydrogen-bond donors (Lipinski definition) is 0. The normalized spacial score (nSPS) is 7.25. The van der Waals surface area contributed by atoms with E-state index in [4.69, 9.17) is 0 Å². The van der Waals surface area contributed by atoms with Gasteiger partial charge in [-0.3, -0.25) is 0 Å². The van der Waals surface area contributed by atoms with Crippen LogP contribution in [-0.4, -0.2) is 9.52 Å². The molecule has 1 aromatic rings. The Morgan fingerprint density at radius 1 is 1.12 bits per heavy atom. The summed E-state index contributed by atoms with van der Waals surface area (Å²) >= 11 is 1.71. The van der Waals surface area contributed by atoms with Gasteiger partial charge in [-0.15, -0.1) is 0 Å². The maximum absolute atomic E-state index is 2.26. The van der Waals surface area contributed by atoms with Gasteiger partial charge in [0.05, 0.1) is 0 Å². The van der Waals surface area contributed by atoms with Gasteiger partial charge in [0.15, 0.2) is 0 Å². The Kier molecular flexibility index (Phi) is 6.85. The van der Waals surface area contributed by atoms with Crippen LogP contribution in [-0.2, 0) is 0 Å². The van der Waals surface area contributed by atoms with Gasteiger partial charge in [-0.1, -0.05) is 25.2 Å². The van der Waals surface area contributed by atoms with E-state index in [0.29, 0.717) is 9.52 Å². The summed E-state index contributed by atoms with van der Waals surface area (Å²) in [6, 6.07) is 4.04. The van der Waals surface area contributed by atoms with Gasteiger partial charge in [0, 0.05) is 9.52 Å². The Bertz CT molecular complexity index is 75.4. The molecule has 0 aliphatic heterocycles. The van der Waals surface area contributed by atoms with Crippen molar-refractivity contribution in [2.75, 3.05) is 0 Å². The van der Waals surface area contributed by atoms with Crippen molar-refractivity contribution in [1.29, 1.82) is 0 Å². The topological polar surface area (TPSA) is 0 Å². The van der Waals surface area contributed by atoms with E-state index >= 15 is 0 Å². The molecule has 1 rings (SSSR count). The molecule has 0 bridgehead atoms. The van der Waals surface area contributed by atoms with Crippen LogP contribution in [0.3, 0.4) is 0 Å². The van der Waals surface area contributed by atoms with Crippen LogP contribution in [0.25, 0.3) is 0 Å². The molecule has 0 amide bonds. The van der Waals surface area contributed by atoms with E-state index < -0.39 is 0 Å². The summed E-state index contributed by atoms with van der Waals surface area (Å²) in [5, 5.41) is 4.08. The van der Waals surface area contributed by atoms with Crippen molar-refractivity contribution in [3.63, 3.8) is 0 Å². The van der Waals surface area contributed by atoms with Crippen LogP contribution in [0.2, 0.25) is 13.1 Å². The van der Waals surface area contributed by atoms with Gasteiger partial charge >= 0.3 is 0 Å². The van der Waals surface area contributed by atoms with E-state index in [1.807, 2.05) is 22.9 Å². The molecule has 2 heteroatoms. The summed E-state index contributed by atoms with van der Waals surface area (Å²) in [6.07, 6.45) is 0. The van der Waals surface area contributed by atoms with Gasteiger partial charge < -0.3 is 0 Å². The molecule has 0 aliphatic rings. The zero-order valence-corrected chi connectivity index (χ0v) is 7.66. The Morgan fingerprint density at radius 3 is 1.62 bits per heavy atom. The zero-order chi connectivity index (χ0) is 6.24. The van der Waals surface area contributed by atoms with E-state index in [0.717, 1.165) is 0 Å². The van der Waals surface area contributed by atoms with Crippen molar-refractivity contribution in [3.05, 3.63) is 22.9 Å². The summed E-state index contributed by atoms with van der Waals surface area (Å²) in [4.78, 5) is 0. The summed E-state index contributed by atoms with van der Waals surface area (Å²) in [5.74, 6) is 0. The highest BCUT2D eigenvalue weighted by Crippen LogP contribution is 1.91. The largest absolute Gasteiger partial charge is 0.152 e. The second-order valence-electron chi connectivity index (χ2n) is 1.50. The van der Waals surface area contributed by atoms with Crippen LogP contribution in [0.15, 0.2) is 22.9 Å². The maximum atomic E-state index is 2.26. The Morgan fingerprint density at radius 2 is 1.50 bits per heavy atom. The molecular weight excluding hydrogens is 132 g/mol. The lowest BCUT2D eigenvalue weighted by atomic mass is 10.7. The first kappa shape index (κ1) is 7.92. The molecule has 1 aromatic heterocycles. The molecule has 0 spiro atoms. The first-order valence-electron chi connectivity index (χ1n) is 2.89. The molecule has 0 nitrogen and oxygen atoms in total. The minimum atomic E-state index is 0.417. The quantitative estimate of drug-likeness (QED) is 0.489. The Labute approximate surface area is 57.4 Å². The van der Waals surface area contributed by atoms with Crippen LogP contribution >= 0.6 is 11.3 Å². The van der Waals surface area contributed by atoms with E-state index in [2.05, 4.69) is 13.1 Å². The highest BCUT2D eigenvalue weighted by molar-refractivity contribution is 7.07. The Hall–Kier alpha value is -0.0831. The van der Waals surface area contributed by atoms with E-state index in [1.165, 1.54) is 0 Å². The van der Waals surface area contributed by atoms with Gasteiger partial charge in [-0.25, -0.2) is 0 Å². The lowest BCUT2D eigenvalue weighted by Gasteiger charge is -1.45. The number of rotatable bonds is 0. The van der Waals surface area contributed by atoms with E-state index in [1.54, 1.807) is 11.3 Å². The molecular formula is C6H12SSi. The minimum Gasteiger partial charge on any atom is -0.152 e. The lowest BCUT2D eigenvalue weighted by Crippen LogP contribution is -1.53. The molecule has 0 aromatic carbocycles. The fourth-order valence-electron chi connectivity index (χ4n) is 0.227. The molecule has 0 aliphatic carbocycles. The molecule has 0 saturated carbocycles. The number of thiophene rings is 1. The van der Waals surface area contributed by atoms with Crippen LogP contribution in [0.4, 0.5) is 0 Å². The molecule has 0 unspecified atom stereocenters. The summed E-state index contributed by atoms with van der Waals surface area (Å²) < 4.78 is 0. The second-order valence-corrected chi connectivity index (χ2v) is 3.73. The minimum absolute atomic E-state index is 0.417. The van der Waals surface area contributed by atoms with Crippen LogP contribution in [0.5, 0.6) is 0 Å². The molecule has 8 heavy (non-hydrogen) atoms. The second kappa shape index (κ2) is 6.92. The average molecular weight is 144 g/mol. The number of hydrogen-bond acceptors (Lipinski definition) is 1. The van der Waals surface area contributed by atoms with Crippen molar-refractivity contribution in [1.82, 2.24) is 0 Å². The molecule has 0 radical (unpaired) electrons. The predicted molar refractivity (Wildman–Crippen MR) is 44.6 cm³/mol. The van der Waals surface area contributed by atoms with Crippen LogP contribution < -0.4 is 0 Å². The van der Waals surface area contributed by atoms with Gasteiger partial charge in [-0.05, 0) is 10.8 Å². The third-order valence-corrected chi connectivity index (χ3v) is 1.05. The first-order valence-corrected chi connectivity index (χ1v) is 6.66. The van der Waals surface area contributed by atoms with Gasteiger partial charge in [0.2, 0.25) is 0 Å². The monoisotopic (exact) mass is 144 g/mol. The average Bonchev–Trinajstić information content (AvgIpc) is 2.17. The van der Waals surface area contributed by atoms with E-state index in [9.17, 15) is 0 Å². The SMILES string of the molecule is C[SiH2]C.c1ccsc1. The first-order chi connectivity index (χ1) is 3.91. The molecule has 0 N–H and O–H groups in total. The van der Waals surface area contributed by atoms with Gasteiger partial charge in [-0.2, -0.15) is 11.3 Å². The highest BCUT2D eigenvalue weighted by atomic mass is 32.1. The third kappa shape index (κ3) is 5.92. The highest BCUT2D eigenvalue weighted by Gasteiger charge is 1.58. The maximum Gasteiger partial charge on any atom is 0.0135 e. The van der Waals surface area contributed by atoms with Crippen LogP contribution in [0.1, 0.15) is 0 Å². The third-order valence-electron chi connectivity index (χ3n) is 0.425. The van der Waals surface area contributed by atoms with Crippen molar-refractivity contribution >= 4 is 20.9 Å². The molecule has 46 valence electrons. The van der Waals surface area contributed by atoms with Crippen molar-refractivity contribution in [2.45, 2.75) is 13.1 Å². The summed E-state index contributed by atoms with van der Waals surface area (Å²) in [6.45, 7) is 4.53. The molecule has 1 heterocycles. The Balaban J connectivity index is 0.000000145. The fourth-order valence-corrected chi connectivity index (χ4v) is 0.680. The predicted octanol–water partition coefficient (Wildman–Crippen LogP) is 2.00. The lowest BCUT2D eigenvalue weighted by molar-refractivity contribution is 2.03. The smallest absolute Gasteiger partial charge is 0.0135 e. The summed E-state index contributed by atoms with van der Waals surface area (Å²) in [7, 11) is 0.417. The van der Waals surface area contributed by atoms with Crippen molar-refractivity contribution < 1.29 is 0 Å². The van der Waals surface area contributed by atoms with E-state index in [-0.39, 0.29) is 0 Å². The van der Waals surface area contributed by atoms with Crippen molar-refractivity contribution in [2.24, 2.45) is 0 Å².